The smallest absolute Gasteiger partial charge is 0.306 e. The van der Waals surface area contributed by atoms with E-state index in [-0.39, 0.29) is 10.9 Å². The zero-order valence-corrected chi connectivity index (χ0v) is 20.5. The van der Waals surface area contributed by atoms with Crippen molar-refractivity contribution in [2.75, 3.05) is 6.54 Å². The maximum atomic E-state index is 13.8. The molecule has 37 heavy (non-hydrogen) atoms. The summed E-state index contributed by atoms with van der Waals surface area (Å²) in [6, 6.07) is 14.9. The largest absolute Gasteiger partial charge is 0.416 e. The monoisotopic (exact) mass is 525 g/mol. The normalized spacial score (nSPS) is 17.2. The minimum absolute atomic E-state index is 0.139. The second-order valence-electron chi connectivity index (χ2n) is 9.12. The van der Waals surface area contributed by atoms with Crippen molar-refractivity contribution in [3.63, 3.8) is 0 Å². The first kappa shape index (κ1) is 23.7. The summed E-state index contributed by atoms with van der Waals surface area (Å²) in [5, 5.41) is 5.13. The van der Waals surface area contributed by atoms with Crippen LogP contribution in [0.2, 0.25) is 0 Å². The van der Waals surface area contributed by atoms with Crippen molar-refractivity contribution in [2.45, 2.75) is 30.0 Å². The lowest BCUT2D eigenvalue weighted by Crippen LogP contribution is -2.31. The highest BCUT2D eigenvalue weighted by atomic mass is 32.2. The predicted molar refractivity (Wildman–Crippen MR) is 133 cm³/mol. The Bertz CT molecular complexity index is 1730. The van der Waals surface area contributed by atoms with E-state index in [2.05, 4.69) is 10.1 Å². The zero-order valence-electron chi connectivity index (χ0n) is 19.7. The molecular weight excluding hydrogens is 503 g/mol. The SMILES string of the molecule is Cn1cc2c(n1)c1cc(S(=O)(=O)N3CCC[C@H]3c3ccccn3)ccc1n2-c1ccc(C(F)(F)F)cc1. The molecule has 4 heterocycles. The van der Waals surface area contributed by atoms with Crippen LogP contribution in [-0.4, -0.2) is 38.6 Å². The summed E-state index contributed by atoms with van der Waals surface area (Å²) in [5.74, 6) is 0. The Morgan fingerprint density at radius 3 is 2.49 bits per heavy atom. The number of hydrogen-bond acceptors (Lipinski definition) is 4. The van der Waals surface area contributed by atoms with Gasteiger partial charge in [0.05, 0.1) is 33.2 Å². The molecule has 0 amide bonds. The molecule has 11 heteroatoms. The summed E-state index contributed by atoms with van der Waals surface area (Å²) in [6.07, 6.45) is 0.405. The topological polar surface area (TPSA) is 73.0 Å². The van der Waals surface area contributed by atoms with Crippen molar-refractivity contribution in [1.29, 1.82) is 0 Å². The Balaban J connectivity index is 1.47. The fraction of sp³-hybridized carbons (Fsp3) is 0.231. The molecule has 6 rings (SSSR count). The summed E-state index contributed by atoms with van der Waals surface area (Å²) < 4.78 is 71.8. The Labute approximate surface area is 210 Å². The highest BCUT2D eigenvalue weighted by Crippen LogP contribution is 2.38. The maximum absolute atomic E-state index is 13.8. The molecule has 0 spiro atoms. The molecule has 7 nitrogen and oxygen atoms in total. The second kappa shape index (κ2) is 8.42. The van der Waals surface area contributed by atoms with E-state index in [9.17, 15) is 21.6 Å². The molecule has 0 radical (unpaired) electrons. The van der Waals surface area contributed by atoms with Crippen LogP contribution >= 0.6 is 0 Å². The lowest BCUT2D eigenvalue weighted by molar-refractivity contribution is -0.137. The van der Waals surface area contributed by atoms with Crippen molar-refractivity contribution in [2.24, 2.45) is 7.05 Å². The molecule has 1 aliphatic heterocycles. The number of halogens is 3. The average molecular weight is 526 g/mol. The van der Waals surface area contributed by atoms with Crippen LogP contribution < -0.4 is 0 Å². The third-order valence-corrected chi connectivity index (χ3v) is 8.71. The van der Waals surface area contributed by atoms with Crippen molar-refractivity contribution in [3.05, 3.63) is 84.3 Å². The molecule has 0 unspecified atom stereocenters. The maximum Gasteiger partial charge on any atom is 0.416 e. The summed E-state index contributed by atoms with van der Waals surface area (Å²) in [6.45, 7) is 0.396. The molecule has 1 fully saturated rings. The van der Waals surface area contributed by atoms with Crippen molar-refractivity contribution in [3.8, 4) is 5.69 Å². The minimum atomic E-state index is -4.44. The van der Waals surface area contributed by atoms with Crippen LogP contribution in [0.1, 0.15) is 30.1 Å². The number of rotatable bonds is 4. The fourth-order valence-electron chi connectivity index (χ4n) is 5.13. The van der Waals surface area contributed by atoms with Gasteiger partial charge in [-0.15, -0.1) is 0 Å². The Morgan fingerprint density at radius 2 is 1.78 bits per heavy atom. The first-order valence-corrected chi connectivity index (χ1v) is 13.2. The van der Waals surface area contributed by atoms with Crippen LogP contribution in [0.4, 0.5) is 13.2 Å². The van der Waals surface area contributed by atoms with E-state index in [1.807, 2.05) is 12.1 Å². The van der Waals surface area contributed by atoms with Gasteiger partial charge < -0.3 is 4.57 Å². The number of nitrogens with zero attached hydrogens (tertiary/aromatic N) is 5. The van der Waals surface area contributed by atoms with E-state index in [1.54, 1.807) is 53.0 Å². The Kier molecular flexibility index (Phi) is 5.39. The first-order chi connectivity index (χ1) is 17.6. The Morgan fingerprint density at radius 1 is 1.00 bits per heavy atom. The lowest BCUT2D eigenvalue weighted by Gasteiger charge is -2.23. The molecule has 0 saturated carbocycles. The molecule has 0 N–H and O–H groups in total. The quantitative estimate of drug-likeness (QED) is 0.313. The van der Waals surface area contributed by atoms with Gasteiger partial charge in [-0.25, -0.2) is 8.42 Å². The number of benzene rings is 2. The van der Waals surface area contributed by atoms with Crippen LogP contribution in [0.15, 0.2) is 78.0 Å². The van der Waals surface area contributed by atoms with Gasteiger partial charge in [0.1, 0.15) is 5.52 Å². The number of aryl methyl sites for hydroxylation is 1. The minimum Gasteiger partial charge on any atom is -0.306 e. The van der Waals surface area contributed by atoms with Gasteiger partial charge >= 0.3 is 6.18 Å². The van der Waals surface area contributed by atoms with Crippen LogP contribution in [-0.2, 0) is 23.2 Å². The van der Waals surface area contributed by atoms with Gasteiger partial charge in [0.15, 0.2) is 0 Å². The number of fused-ring (bicyclic) bond motifs is 3. The number of pyridine rings is 1. The molecule has 3 aromatic heterocycles. The number of alkyl halides is 3. The van der Waals surface area contributed by atoms with Crippen molar-refractivity contribution in [1.82, 2.24) is 23.6 Å². The third kappa shape index (κ3) is 3.89. The van der Waals surface area contributed by atoms with Gasteiger partial charge in [-0.3, -0.25) is 9.67 Å². The summed E-state index contributed by atoms with van der Waals surface area (Å²) in [5.41, 5.74) is 2.38. The summed E-state index contributed by atoms with van der Waals surface area (Å²) in [7, 11) is -2.10. The molecule has 190 valence electrons. The number of aromatic nitrogens is 4. The predicted octanol–water partition coefficient (Wildman–Crippen LogP) is 5.46. The lowest BCUT2D eigenvalue weighted by atomic mass is 10.1. The van der Waals surface area contributed by atoms with Crippen LogP contribution in [0.5, 0.6) is 0 Å². The van der Waals surface area contributed by atoms with Gasteiger partial charge in [0, 0.05) is 37.1 Å². The second-order valence-corrected chi connectivity index (χ2v) is 11.0. The molecule has 0 aliphatic carbocycles. The number of sulfonamides is 1. The van der Waals surface area contributed by atoms with Crippen molar-refractivity contribution >= 4 is 32.0 Å². The summed E-state index contributed by atoms with van der Waals surface area (Å²) >= 11 is 0. The van der Waals surface area contributed by atoms with Gasteiger partial charge in [0.25, 0.3) is 0 Å². The van der Waals surface area contributed by atoms with E-state index in [0.717, 1.165) is 18.6 Å². The fourth-order valence-corrected chi connectivity index (χ4v) is 6.83. The highest BCUT2D eigenvalue weighted by Gasteiger charge is 2.37. The van der Waals surface area contributed by atoms with Gasteiger partial charge in [0.2, 0.25) is 10.0 Å². The van der Waals surface area contributed by atoms with Crippen LogP contribution in [0.3, 0.4) is 0 Å². The number of hydrogen-bond donors (Lipinski definition) is 0. The highest BCUT2D eigenvalue weighted by molar-refractivity contribution is 7.89. The van der Waals surface area contributed by atoms with Gasteiger partial charge in [-0.1, -0.05) is 6.07 Å². The van der Waals surface area contributed by atoms with Crippen LogP contribution in [0, 0.1) is 0 Å². The van der Waals surface area contributed by atoms with Gasteiger partial charge in [-0.05, 0) is 67.4 Å². The summed E-state index contributed by atoms with van der Waals surface area (Å²) in [4.78, 5) is 4.52. The molecular formula is C26H22F3N5O2S. The van der Waals surface area contributed by atoms with Crippen LogP contribution in [0.25, 0.3) is 27.6 Å². The van der Waals surface area contributed by atoms with E-state index >= 15 is 0 Å². The van der Waals surface area contributed by atoms with E-state index in [1.165, 1.54) is 16.4 Å². The van der Waals surface area contributed by atoms with E-state index in [0.29, 0.717) is 46.3 Å². The third-order valence-electron chi connectivity index (χ3n) is 6.81. The molecule has 1 saturated heterocycles. The molecule has 2 aromatic carbocycles. The van der Waals surface area contributed by atoms with E-state index in [4.69, 9.17) is 0 Å². The van der Waals surface area contributed by atoms with Gasteiger partial charge in [-0.2, -0.15) is 22.6 Å². The standard InChI is InChI=1S/C26H22F3N5O2S/c1-32-16-24-25(31-32)20-15-19(37(35,36)33-14-4-6-23(33)21-5-2-3-13-30-21)11-12-22(20)34(24)18-9-7-17(8-10-18)26(27,28)29/h2-3,5,7-13,15-16,23H,4,6,14H2,1H3/t23-/m0/s1. The molecule has 5 aromatic rings. The van der Waals surface area contributed by atoms with E-state index < -0.39 is 21.8 Å². The zero-order chi connectivity index (χ0) is 25.9. The average Bonchev–Trinajstić information content (AvgIpc) is 3.58. The first-order valence-electron chi connectivity index (χ1n) is 11.7. The van der Waals surface area contributed by atoms with Crippen molar-refractivity contribution < 1.29 is 21.6 Å². The Hall–Kier alpha value is -3.70. The molecule has 0 bridgehead atoms. The molecule has 1 aliphatic rings. The molecule has 1 atom stereocenters.